The molecule has 0 radical (unpaired) electrons. The predicted octanol–water partition coefficient (Wildman–Crippen LogP) is 5.67. The van der Waals surface area contributed by atoms with Gasteiger partial charge in [0.1, 0.15) is 18.1 Å². The van der Waals surface area contributed by atoms with E-state index in [1.807, 2.05) is 97.6 Å². The molecule has 1 saturated heterocycles. The third-order valence-electron chi connectivity index (χ3n) is 7.47. The normalized spacial score (nSPS) is 13.3. The van der Waals surface area contributed by atoms with Crippen LogP contribution in [0, 0.1) is 0 Å². The first kappa shape index (κ1) is 32.4. The summed E-state index contributed by atoms with van der Waals surface area (Å²) in [5.41, 5.74) is 3.84. The van der Waals surface area contributed by atoms with Crippen molar-refractivity contribution in [3.05, 3.63) is 101 Å². The molecule has 0 aliphatic carbocycles. The summed E-state index contributed by atoms with van der Waals surface area (Å²) in [4.78, 5) is 31.0. The molecule has 1 fully saturated rings. The molecule has 9 nitrogen and oxygen atoms in total. The van der Waals surface area contributed by atoms with E-state index >= 15 is 0 Å². The number of imidazole rings is 1. The second kappa shape index (κ2) is 15.8. The van der Waals surface area contributed by atoms with Crippen molar-refractivity contribution in [2.45, 2.75) is 39.8 Å². The maximum absolute atomic E-state index is 14.7. The fraction of sp³-hybridized carbons (Fsp3) is 0.371. The topological polar surface area (TPSA) is 89.8 Å². The smallest absolute Gasteiger partial charge is 0.334 e. The van der Waals surface area contributed by atoms with Gasteiger partial charge >= 0.3 is 5.69 Å². The van der Waals surface area contributed by atoms with Gasteiger partial charge in [-0.1, -0.05) is 73.5 Å². The summed E-state index contributed by atoms with van der Waals surface area (Å²) >= 11 is 1.60. The van der Waals surface area contributed by atoms with Gasteiger partial charge < -0.3 is 24.4 Å². The number of para-hydroxylation sites is 2. The number of anilines is 1. The molecule has 1 amide bonds. The molecular weight excluding hydrogens is 586 g/mol. The number of benzene rings is 3. The number of ether oxygens (including phenoxy) is 2. The highest BCUT2D eigenvalue weighted by Gasteiger charge is 2.31. The number of carbonyl (C=O) groups is 1. The molecule has 238 valence electrons. The molecular formula is C35H43N5O4S. The van der Waals surface area contributed by atoms with E-state index in [2.05, 4.69) is 17.0 Å². The number of piperazine rings is 1. The first-order valence-electron chi connectivity index (χ1n) is 15.7. The van der Waals surface area contributed by atoms with Gasteiger partial charge in [0, 0.05) is 37.5 Å². The summed E-state index contributed by atoms with van der Waals surface area (Å²) in [6, 6.07) is 25.2. The van der Waals surface area contributed by atoms with Gasteiger partial charge in [-0.15, -0.1) is 0 Å². The SMILES string of the molecule is CCCSNc1ccccc1-n1c(-c2ccccc2)c(C(=O)N2CCNCC2)n(Cc2cccc(OCCOC(C)C)c2)c1=O. The maximum Gasteiger partial charge on any atom is 0.334 e. The Labute approximate surface area is 269 Å². The fourth-order valence-electron chi connectivity index (χ4n) is 5.36. The Hall–Kier alpha value is -3.99. The molecule has 0 spiro atoms. The van der Waals surface area contributed by atoms with Crippen LogP contribution in [0.5, 0.6) is 5.75 Å². The Bertz CT molecular complexity index is 1610. The van der Waals surface area contributed by atoms with Crippen LogP contribution in [0.25, 0.3) is 16.9 Å². The van der Waals surface area contributed by atoms with E-state index in [0.29, 0.717) is 62.2 Å². The summed E-state index contributed by atoms with van der Waals surface area (Å²) in [7, 11) is 0. The minimum atomic E-state index is -0.279. The number of carbonyl (C=O) groups excluding carboxylic acids is 1. The molecule has 0 atom stereocenters. The molecule has 3 aromatic carbocycles. The van der Waals surface area contributed by atoms with Crippen LogP contribution >= 0.6 is 11.9 Å². The van der Waals surface area contributed by atoms with Gasteiger partial charge in [-0.3, -0.25) is 13.9 Å². The van der Waals surface area contributed by atoms with Crippen molar-refractivity contribution in [2.24, 2.45) is 0 Å². The minimum Gasteiger partial charge on any atom is -0.491 e. The van der Waals surface area contributed by atoms with Crippen molar-refractivity contribution >= 4 is 23.5 Å². The lowest BCUT2D eigenvalue weighted by Gasteiger charge is -2.28. The molecule has 45 heavy (non-hydrogen) atoms. The molecule has 1 aromatic heterocycles. The molecule has 2 N–H and O–H groups in total. The molecule has 0 saturated carbocycles. The summed E-state index contributed by atoms with van der Waals surface area (Å²) in [5.74, 6) is 1.45. The number of nitrogens with one attached hydrogen (secondary N) is 2. The Morgan fingerprint density at radius 3 is 2.49 bits per heavy atom. The zero-order chi connectivity index (χ0) is 31.6. The van der Waals surface area contributed by atoms with Crippen LogP contribution < -0.4 is 20.5 Å². The molecule has 5 rings (SSSR count). The highest BCUT2D eigenvalue weighted by atomic mass is 32.2. The third kappa shape index (κ3) is 8.00. The van der Waals surface area contributed by atoms with E-state index in [4.69, 9.17) is 9.47 Å². The summed E-state index contributed by atoms with van der Waals surface area (Å²) in [5, 5.41) is 3.33. The zero-order valence-electron chi connectivity index (χ0n) is 26.3. The average Bonchev–Trinajstić information content (AvgIpc) is 3.35. The first-order valence-corrected chi connectivity index (χ1v) is 16.7. The van der Waals surface area contributed by atoms with E-state index in [-0.39, 0.29) is 24.2 Å². The lowest BCUT2D eigenvalue weighted by Crippen LogP contribution is -2.47. The third-order valence-corrected chi connectivity index (χ3v) is 8.45. The Morgan fingerprint density at radius 2 is 1.73 bits per heavy atom. The number of nitrogens with zero attached hydrogens (tertiary/aromatic N) is 3. The number of rotatable bonds is 14. The zero-order valence-corrected chi connectivity index (χ0v) is 27.1. The van der Waals surface area contributed by atoms with Crippen LogP contribution in [0.2, 0.25) is 0 Å². The van der Waals surface area contributed by atoms with Gasteiger partial charge in [0.05, 0.1) is 36.3 Å². The van der Waals surface area contributed by atoms with Gasteiger partial charge in [0.15, 0.2) is 0 Å². The quantitative estimate of drug-likeness (QED) is 0.137. The Kier molecular flexibility index (Phi) is 11.4. The number of aromatic nitrogens is 2. The highest BCUT2D eigenvalue weighted by molar-refractivity contribution is 8.00. The fourth-order valence-corrected chi connectivity index (χ4v) is 5.99. The molecule has 1 aliphatic rings. The van der Waals surface area contributed by atoms with E-state index in [1.54, 1.807) is 21.1 Å². The van der Waals surface area contributed by atoms with Crippen molar-refractivity contribution in [2.75, 3.05) is 49.9 Å². The van der Waals surface area contributed by atoms with Crippen molar-refractivity contribution in [3.8, 4) is 22.7 Å². The molecule has 0 unspecified atom stereocenters. The predicted molar refractivity (Wildman–Crippen MR) is 183 cm³/mol. The average molecular weight is 630 g/mol. The highest BCUT2D eigenvalue weighted by Crippen LogP contribution is 2.32. The van der Waals surface area contributed by atoms with Gasteiger partial charge in [-0.2, -0.15) is 0 Å². The van der Waals surface area contributed by atoms with Crippen LogP contribution in [-0.4, -0.2) is 71.2 Å². The molecule has 4 aromatic rings. The van der Waals surface area contributed by atoms with Crippen molar-refractivity contribution in [3.63, 3.8) is 0 Å². The second-order valence-electron chi connectivity index (χ2n) is 11.2. The van der Waals surface area contributed by atoms with E-state index < -0.39 is 0 Å². The van der Waals surface area contributed by atoms with Gasteiger partial charge in [0.2, 0.25) is 0 Å². The van der Waals surface area contributed by atoms with Gasteiger partial charge in [0.25, 0.3) is 5.91 Å². The van der Waals surface area contributed by atoms with Crippen LogP contribution in [0.15, 0.2) is 83.7 Å². The monoisotopic (exact) mass is 629 g/mol. The first-order chi connectivity index (χ1) is 22.0. The van der Waals surface area contributed by atoms with E-state index in [9.17, 15) is 9.59 Å². The number of hydrogen-bond donors (Lipinski definition) is 2. The Morgan fingerprint density at radius 1 is 0.978 bits per heavy atom. The second-order valence-corrected chi connectivity index (χ2v) is 12.1. The number of amides is 1. The molecule has 2 heterocycles. The van der Waals surface area contributed by atoms with Crippen LogP contribution in [0.3, 0.4) is 0 Å². The van der Waals surface area contributed by atoms with Crippen molar-refractivity contribution in [1.82, 2.24) is 19.4 Å². The molecule has 0 bridgehead atoms. The van der Waals surface area contributed by atoms with Crippen molar-refractivity contribution < 1.29 is 14.3 Å². The van der Waals surface area contributed by atoms with Gasteiger partial charge in [-0.25, -0.2) is 4.79 Å². The maximum atomic E-state index is 14.7. The van der Waals surface area contributed by atoms with Gasteiger partial charge in [-0.05, 0) is 50.1 Å². The van der Waals surface area contributed by atoms with Crippen LogP contribution in [-0.2, 0) is 11.3 Å². The molecule has 10 heteroatoms. The van der Waals surface area contributed by atoms with Crippen molar-refractivity contribution in [1.29, 1.82) is 0 Å². The van der Waals surface area contributed by atoms with E-state index in [0.717, 1.165) is 29.0 Å². The van der Waals surface area contributed by atoms with E-state index in [1.165, 1.54) is 0 Å². The lowest BCUT2D eigenvalue weighted by atomic mass is 10.1. The molecule has 1 aliphatic heterocycles. The Balaban J connectivity index is 1.65. The largest absolute Gasteiger partial charge is 0.491 e. The number of hydrogen-bond acceptors (Lipinski definition) is 7. The van der Waals surface area contributed by atoms with Crippen LogP contribution in [0.4, 0.5) is 5.69 Å². The summed E-state index contributed by atoms with van der Waals surface area (Å²) in [6.45, 7) is 9.78. The summed E-state index contributed by atoms with van der Waals surface area (Å²) < 4.78 is 18.3. The standard InChI is InChI=1S/C35H43N5O4S/c1-4-23-45-37-30-15-8-9-16-31(30)40-32(28-12-6-5-7-13-28)33(34(41)38-19-17-36-18-20-38)39(35(40)42)25-27-11-10-14-29(24-27)44-22-21-43-26(2)3/h5-16,24,26,36-37H,4,17-23,25H2,1-3H3. The lowest BCUT2D eigenvalue weighted by molar-refractivity contribution is 0.0552. The summed E-state index contributed by atoms with van der Waals surface area (Å²) in [6.07, 6.45) is 1.15. The van der Waals surface area contributed by atoms with Crippen LogP contribution in [0.1, 0.15) is 43.2 Å². The minimum absolute atomic E-state index is 0.131.